The van der Waals surface area contributed by atoms with Crippen LogP contribution in [0.5, 0.6) is 0 Å². The van der Waals surface area contributed by atoms with Crippen LogP contribution in [0.3, 0.4) is 0 Å². The molecule has 0 atom stereocenters. The molecule has 0 rings (SSSR count). The van der Waals surface area contributed by atoms with Gasteiger partial charge in [0.15, 0.2) is 0 Å². The van der Waals surface area contributed by atoms with Crippen molar-refractivity contribution in [2.75, 3.05) is 13.7 Å². The Morgan fingerprint density at radius 3 is 2.36 bits per heavy atom. The third kappa shape index (κ3) is 3.36. The van der Waals surface area contributed by atoms with Crippen molar-refractivity contribution in [1.82, 2.24) is 5.43 Å². The Morgan fingerprint density at radius 2 is 2.07 bits per heavy atom. The lowest BCUT2D eigenvalue weighted by Gasteiger charge is -2.14. The van der Waals surface area contributed by atoms with Gasteiger partial charge in [0.2, 0.25) is 0 Å². The highest BCUT2D eigenvalue weighted by Crippen LogP contribution is 2.17. The molecule has 0 fully saturated rings. The Bertz CT molecular complexity index is 264. The van der Waals surface area contributed by atoms with Crippen LogP contribution >= 0.6 is 0 Å². The van der Waals surface area contributed by atoms with Crippen LogP contribution in [0.4, 0.5) is 0 Å². The standard InChI is InChI=1S/C11H20N2O/c1-6-11(13-12)10(7-14-5)9(4)8(2)3/h6,13H,2,7,12H2,1,3-5H3/b10-9-,11-6+. The number of rotatable bonds is 5. The van der Waals surface area contributed by atoms with E-state index in [2.05, 4.69) is 12.0 Å². The highest BCUT2D eigenvalue weighted by molar-refractivity contribution is 5.41. The Labute approximate surface area is 86.3 Å². The maximum absolute atomic E-state index is 5.41. The van der Waals surface area contributed by atoms with E-state index in [1.54, 1.807) is 7.11 Å². The number of hydrogen-bond donors (Lipinski definition) is 2. The van der Waals surface area contributed by atoms with Crippen LogP contribution in [-0.4, -0.2) is 13.7 Å². The van der Waals surface area contributed by atoms with E-state index in [1.807, 2.05) is 26.8 Å². The van der Waals surface area contributed by atoms with Crippen LogP contribution in [0.1, 0.15) is 20.8 Å². The van der Waals surface area contributed by atoms with Gasteiger partial charge in [-0.15, -0.1) is 0 Å². The first-order valence-electron chi connectivity index (χ1n) is 4.56. The highest BCUT2D eigenvalue weighted by Gasteiger charge is 2.07. The molecule has 0 aliphatic carbocycles. The third-order valence-electron chi connectivity index (χ3n) is 2.15. The van der Waals surface area contributed by atoms with Crippen LogP contribution in [0.25, 0.3) is 0 Å². The van der Waals surface area contributed by atoms with E-state index in [0.717, 1.165) is 22.4 Å². The van der Waals surface area contributed by atoms with Crippen molar-refractivity contribution in [3.63, 3.8) is 0 Å². The first-order valence-corrected chi connectivity index (χ1v) is 4.56. The highest BCUT2D eigenvalue weighted by atomic mass is 16.5. The fourth-order valence-corrected chi connectivity index (χ4v) is 1.13. The molecule has 0 saturated carbocycles. The summed E-state index contributed by atoms with van der Waals surface area (Å²) in [6.45, 7) is 10.3. The molecule has 0 aliphatic rings. The molecule has 14 heavy (non-hydrogen) atoms. The normalized spacial score (nSPS) is 13.6. The average Bonchev–Trinajstić information content (AvgIpc) is 2.17. The second-order valence-corrected chi connectivity index (χ2v) is 3.16. The maximum atomic E-state index is 5.41. The van der Waals surface area contributed by atoms with Gasteiger partial charge in [-0.3, -0.25) is 5.84 Å². The van der Waals surface area contributed by atoms with Gasteiger partial charge in [-0.2, -0.15) is 0 Å². The minimum atomic E-state index is 0.530. The van der Waals surface area contributed by atoms with Gasteiger partial charge in [0, 0.05) is 18.4 Å². The number of hydrazine groups is 1. The van der Waals surface area contributed by atoms with Gasteiger partial charge < -0.3 is 10.2 Å². The lowest BCUT2D eigenvalue weighted by atomic mass is 10.0. The number of allylic oxidation sites excluding steroid dienone is 3. The summed E-state index contributed by atoms with van der Waals surface area (Å²) in [7, 11) is 1.66. The van der Waals surface area contributed by atoms with Crippen LogP contribution in [-0.2, 0) is 4.74 Å². The van der Waals surface area contributed by atoms with Gasteiger partial charge in [-0.25, -0.2) is 0 Å². The third-order valence-corrected chi connectivity index (χ3v) is 2.15. The summed E-state index contributed by atoms with van der Waals surface area (Å²) in [5.41, 5.74) is 6.71. The number of methoxy groups -OCH3 is 1. The number of nitrogens with two attached hydrogens (primary N) is 1. The van der Waals surface area contributed by atoms with Crippen LogP contribution in [0.2, 0.25) is 0 Å². The minimum Gasteiger partial charge on any atom is -0.380 e. The second kappa shape index (κ2) is 6.40. The van der Waals surface area contributed by atoms with Crippen LogP contribution in [0.15, 0.2) is 35.1 Å². The van der Waals surface area contributed by atoms with Crippen molar-refractivity contribution < 1.29 is 4.74 Å². The summed E-state index contributed by atoms with van der Waals surface area (Å²) in [5, 5.41) is 0. The van der Waals surface area contributed by atoms with Crippen molar-refractivity contribution in [3.05, 3.63) is 35.1 Å². The lowest BCUT2D eigenvalue weighted by Crippen LogP contribution is -2.24. The summed E-state index contributed by atoms with van der Waals surface area (Å²) in [5.74, 6) is 5.41. The molecule has 3 nitrogen and oxygen atoms in total. The van der Waals surface area contributed by atoms with Crippen molar-refractivity contribution in [2.24, 2.45) is 5.84 Å². The van der Waals surface area contributed by atoms with Gasteiger partial charge in [0.1, 0.15) is 0 Å². The second-order valence-electron chi connectivity index (χ2n) is 3.16. The predicted molar refractivity (Wildman–Crippen MR) is 60.5 cm³/mol. The molecule has 0 unspecified atom stereocenters. The molecule has 0 radical (unpaired) electrons. The Kier molecular flexibility index (Phi) is 5.92. The Morgan fingerprint density at radius 1 is 1.50 bits per heavy atom. The zero-order valence-corrected chi connectivity index (χ0v) is 9.48. The van der Waals surface area contributed by atoms with Gasteiger partial charge >= 0.3 is 0 Å². The van der Waals surface area contributed by atoms with E-state index in [1.165, 1.54) is 0 Å². The Hall–Kier alpha value is -1.06. The van der Waals surface area contributed by atoms with Crippen molar-refractivity contribution in [1.29, 1.82) is 0 Å². The van der Waals surface area contributed by atoms with E-state index >= 15 is 0 Å². The largest absolute Gasteiger partial charge is 0.380 e. The zero-order chi connectivity index (χ0) is 11.1. The molecule has 0 aromatic carbocycles. The van der Waals surface area contributed by atoms with E-state index in [-0.39, 0.29) is 0 Å². The molecule has 0 saturated heterocycles. The molecule has 0 bridgehead atoms. The summed E-state index contributed by atoms with van der Waals surface area (Å²) >= 11 is 0. The Balaban J connectivity index is 5.11. The minimum absolute atomic E-state index is 0.530. The predicted octanol–water partition coefficient (Wildman–Crippen LogP) is 1.89. The molecule has 0 aromatic rings. The molecule has 0 heterocycles. The monoisotopic (exact) mass is 196 g/mol. The zero-order valence-electron chi connectivity index (χ0n) is 9.48. The topological polar surface area (TPSA) is 47.3 Å². The number of nitrogens with one attached hydrogen (secondary N) is 1. The van der Waals surface area contributed by atoms with Gasteiger partial charge in [0.25, 0.3) is 0 Å². The quantitative estimate of drug-likeness (QED) is 0.401. The number of hydrogen-bond acceptors (Lipinski definition) is 3. The van der Waals surface area contributed by atoms with Crippen molar-refractivity contribution in [2.45, 2.75) is 20.8 Å². The molecule has 80 valence electrons. The first kappa shape index (κ1) is 12.9. The lowest BCUT2D eigenvalue weighted by molar-refractivity contribution is 0.226. The van der Waals surface area contributed by atoms with E-state index in [4.69, 9.17) is 10.6 Å². The van der Waals surface area contributed by atoms with Crippen molar-refractivity contribution in [3.8, 4) is 0 Å². The summed E-state index contributed by atoms with van der Waals surface area (Å²) < 4.78 is 5.12. The van der Waals surface area contributed by atoms with E-state index in [0.29, 0.717) is 6.61 Å². The summed E-state index contributed by atoms with van der Waals surface area (Å²) in [6, 6.07) is 0. The number of ether oxygens (including phenoxy) is 1. The van der Waals surface area contributed by atoms with Crippen LogP contribution < -0.4 is 11.3 Å². The molecule has 0 aliphatic heterocycles. The van der Waals surface area contributed by atoms with Gasteiger partial charge in [0.05, 0.1) is 6.61 Å². The average molecular weight is 196 g/mol. The SMILES string of the molecule is C=C(C)/C(C)=C(COC)\C(=C/C)NN. The molecular formula is C11H20N2O. The molecule has 0 amide bonds. The molecule has 3 N–H and O–H groups in total. The van der Waals surface area contributed by atoms with Crippen LogP contribution in [0, 0.1) is 0 Å². The molecule has 0 spiro atoms. The van der Waals surface area contributed by atoms with E-state index in [9.17, 15) is 0 Å². The first-order chi connectivity index (χ1) is 6.58. The smallest absolute Gasteiger partial charge is 0.0736 e. The fraction of sp³-hybridized carbons (Fsp3) is 0.455. The van der Waals surface area contributed by atoms with E-state index < -0.39 is 0 Å². The molecule has 0 aromatic heterocycles. The van der Waals surface area contributed by atoms with Crippen molar-refractivity contribution >= 4 is 0 Å². The summed E-state index contributed by atoms with van der Waals surface area (Å²) in [4.78, 5) is 0. The summed E-state index contributed by atoms with van der Waals surface area (Å²) in [6.07, 6.45) is 1.92. The van der Waals surface area contributed by atoms with Gasteiger partial charge in [-0.1, -0.05) is 18.2 Å². The van der Waals surface area contributed by atoms with Gasteiger partial charge in [-0.05, 0) is 26.3 Å². The fourth-order valence-electron chi connectivity index (χ4n) is 1.13. The molecule has 3 heteroatoms. The maximum Gasteiger partial charge on any atom is 0.0736 e. The molecular weight excluding hydrogens is 176 g/mol.